The highest BCUT2D eigenvalue weighted by atomic mass is 35.5. The molecule has 0 fully saturated rings. The summed E-state index contributed by atoms with van der Waals surface area (Å²) in [6.07, 6.45) is 4.20. The molecular weight excluding hydrogens is 268 g/mol. The van der Waals surface area contributed by atoms with E-state index in [9.17, 15) is 4.79 Å². The van der Waals surface area contributed by atoms with Gasteiger partial charge in [-0.1, -0.05) is 53.6 Å². The van der Waals surface area contributed by atoms with Crippen LogP contribution in [-0.2, 0) is 11.2 Å². The summed E-state index contributed by atoms with van der Waals surface area (Å²) in [7, 11) is 0. The Hall–Kier alpha value is -1.86. The lowest BCUT2D eigenvalue weighted by atomic mass is 9.97. The third-order valence-electron chi connectivity index (χ3n) is 3.23. The highest BCUT2D eigenvalue weighted by Gasteiger charge is 2.03. The standard InChI is InChI=1S/C18H17ClO/c1-14-4-2-6-17(12-14)16(10-11-20)9-8-15-5-3-7-18(19)13-15/h2-7,10-13H,8-9H2,1H3/b16-10-. The fourth-order valence-electron chi connectivity index (χ4n) is 2.22. The van der Waals surface area contributed by atoms with Crippen LogP contribution in [0.15, 0.2) is 54.6 Å². The van der Waals surface area contributed by atoms with Gasteiger partial charge in [-0.25, -0.2) is 0 Å². The Kier molecular flexibility index (Phi) is 5.14. The second kappa shape index (κ2) is 7.06. The summed E-state index contributed by atoms with van der Waals surface area (Å²) in [4.78, 5) is 10.8. The molecule has 0 bridgehead atoms. The largest absolute Gasteiger partial charge is 0.299 e. The first-order valence-electron chi connectivity index (χ1n) is 6.65. The van der Waals surface area contributed by atoms with Gasteiger partial charge in [0, 0.05) is 5.02 Å². The third-order valence-corrected chi connectivity index (χ3v) is 3.47. The molecule has 1 nitrogen and oxygen atoms in total. The minimum Gasteiger partial charge on any atom is -0.299 e. The van der Waals surface area contributed by atoms with E-state index in [4.69, 9.17) is 11.6 Å². The minimum atomic E-state index is 0.749. The SMILES string of the molecule is Cc1cccc(/C(=C\C=O)CCc2cccc(Cl)c2)c1. The maximum atomic E-state index is 10.8. The first-order valence-corrected chi connectivity index (χ1v) is 7.02. The van der Waals surface area contributed by atoms with Crippen molar-refractivity contribution < 1.29 is 4.79 Å². The molecule has 2 rings (SSSR count). The predicted octanol–water partition coefficient (Wildman–Crippen LogP) is 4.86. The molecule has 20 heavy (non-hydrogen) atoms. The fraction of sp³-hybridized carbons (Fsp3) is 0.167. The van der Waals surface area contributed by atoms with Crippen molar-refractivity contribution >= 4 is 23.5 Å². The first-order chi connectivity index (χ1) is 9.69. The smallest absolute Gasteiger partial charge is 0.143 e. The third kappa shape index (κ3) is 4.07. The maximum Gasteiger partial charge on any atom is 0.143 e. The summed E-state index contributed by atoms with van der Waals surface area (Å²) in [5, 5.41) is 0.749. The van der Waals surface area contributed by atoms with Crippen LogP contribution < -0.4 is 0 Å². The highest BCUT2D eigenvalue weighted by Crippen LogP contribution is 2.22. The Bertz CT molecular complexity index is 629. The normalized spacial score (nSPS) is 11.4. The molecule has 0 aliphatic carbocycles. The lowest BCUT2D eigenvalue weighted by Crippen LogP contribution is -1.91. The molecule has 0 saturated heterocycles. The van der Waals surface area contributed by atoms with Gasteiger partial charge in [0.1, 0.15) is 6.29 Å². The molecule has 0 radical (unpaired) electrons. The van der Waals surface area contributed by atoms with Crippen LogP contribution in [0.5, 0.6) is 0 Å². The molecule has 0 amide bonds. The van der Waals surface area contributed by atoms with Gasteiger partial charge in [0.2, 0.25) is 0 Å². The molecule has 0 heterocycles. The Morgan fingerprint density at radius 3 is 2.65 bits per heavy atom. The van der Waals surface area contributed by atoms with Gasteiger partial charge < -0.3 is 0 Å². The number of benzene rings is 2. The Balaban J connectivity index is 2.15. The van der Waals surface area contributed by atoms with Crippen LogP contribution in [0, 0.1) is 6.92 Å². The molecule has 2 heteroatoms. The molecule has 0 spiro atoms. The Labute approximate surface area is 124 Å². The quantitative estimate of drug-likeness (QED) is 0.566. The lowest BCUT2D eigenvalue weighted by molar-refractivity contribution is -0.104. The summed E-state index contributed by atoms with van der Waals surface area (Å²) >= 11 is 5.99. The Morgan fingerprint density at radius 2 is 1.95 bits per heavy atom. The van der Waals surface area contributed by atoms with E-state index in [1.54, 1.807) is 6.08 Å². The van der Waals surface area contributed by atoms with Crippen molar-refractivity contribution in [2.75, 3.05) is 0 Å². The summed E-state index contributed by atoms with van der Waals surface area (Å²) in [6, 6.07) is 16.1. The van der Waals surface area contributed by atoms with E-state index in [1.165, 1.54) is 11.1 Å². The van der Waals surface area contributed by atoms with Crippen LogP contribution in [0.1, 0.15) is 23.1 Å². The highest BCUT2D eigenvalue weighted by molar-refractivity contribution is 6.30. The number of rotatable bonds is 5. The molecule has 0 aromatic heterocycles. The zero-order chi connectivity index (χ0) is 14.4. The van der Waals surface area contributed by atoms with Crippen LogP contribution in [0.25, 0.3) is 5.57 Å². The van der Waals surface area contributed by atoms with Crippen LogP contribution in [0.4, 0.5) is 0 Å². The molecule has 102 valence electrons. The lowest BCUT2D eigenvalue weighted by Gasteiger charge is -2.08. The summed E-state index contributed by atoms with van der Waals surface area (Å²) in [5.74, 6) is 0. The summed E-state index contributed by atoms with van der Waals surface area (Å²) in [6.45, 7) is 2.05. The molecule has 0 aliphatic rings. The average Bonchev–Trinajstić information content (AvgIpc) is 2.43. The van der Waals surface area contributed by atoms with Crippen LogP contribution >= 0.6 is 11.6 Å². The number of aryl methyl sites for hydroxylation is 2. The van der Waals surface area contributed by atoms with E-state index in [1.807, 2.05) is 30.3 Å². The summed E-state index contributed by atoms with van der Waals surface area (Å²) < 4.78 is 0. The number of hydrogen-bond acceptors (Lipinski definition) is 1. The van der Waals surface area contributed by atoms with E-state index in [0.29, 0.717) is 0 Å². The van der Waals surface area contributed by atoms with Crippen LogP contribution in [0.2, 0.25) is 5.02 Å². The van der Waals surface area contributed by atoms with Gasteiger partial charge >= 0.3 is 0 Å². The van der Waals surface area contributed by atoms with Crippen LogP contribution in [-0.4, -0.2) is 6.29 Å². The molecule has 0 N–H and O–H groups in total. The van der Waals surface area contributed by atoms with Gasteiger partial charge in [-0.05, 0) is 54.7 Å². The van der Waals surface area contributed by atoms with Crippen molar-refractivity contribution in [1.82, 2.24) is 0 Å². The molecule has 0 atom stereocenters. The number of carbonyl (C=O) groups is 1. The van der Waals surface area contributed by atoms with Crippen LogP contribution in [0.3, 0.4) is 0 Å². The van der Waals surface area contributed by atoms with Crippen molar-refractivity contribution in [3.63, 3.8) is 0 Å². The minimum absolute atomic E-state index is 0.749. The number of allylic oxidation sites excluding steroid dienone is 2. The molecule has 2 aromatic rings. The number of aldehydes is 1. The topological polar surface area (TPSA) is 17.1 Å². The number of halogens is 1. The van der Waals surface area contributed by atoms with E-state index >= 15 is 0 Å². The van der Waals surface area contributed by atoms with Gasteiger partial charge in [-0.2, -0.15) is 0 Å². The van der Waals surface area contributed by atoms with Gasteiger partial charge in [-0.3, -0.25) is 4.79 Å². The second-order valence-corrected chi connectivity index (χ2v) is 5.26. The fourth-order valence-corrected chi connectivity index (χ4v) is 2.44. The zero-order valence-electron chi connectivity index (χ0n) is 11.5. The van der Waals surface area contributed by atoms with Gasteiger partial charge in [0.15, 0.2) is 0 Å². The summed E-state index contributed by atoms with van der Waals surface area (Å²) in [5.41, 5.74) is 4.55. The molecule has 0 saturated carbocycles. The van der Waals surface area contributed by atoms with Gasteiger partial charge in [0.05, 0.1) is 0 Å². The van der Waals surface area contributed by atoms with Gasteiger partial charge in [-0.15, -0.1) is 0 Å². The van der Waals surface area contributed by atoms with Crippen molar-refractivity contribution in [1.29, 1.82) is 0 Å². The predicted molar refractivity (Wildman–Crippen MR) is 85.0 cm³/mol. The Morgan fingerprint density at radius 1 is 1.15 bits per heavy atom. The molecule has 0 unspecified atom stereocenters. The van der Waals surface area contributed by atoms with Crippen molar-refractivity contribution in [2.24, 2.45) is 0 Å². The van der Waals surface area contributed by atoms with Crippen molar-refractivity contribution in [3.8, 4) is 0 Å². The first kappa shape index (κ1) is 14.5. The second-order valence-electron chi connectivity index (χ2n) is 4.83. The maximum absolute atomic E-state index is 10.8. The zero-order valence-corrected chi connectivity index (χ0v) is 12.2. The van der Waals surface area contributed by atoms with Gasteiger partial charge in [0.25, 0.3) is 0 Å². The molecule has 2 aromatic carbocycles. The average molecular weight is 285 g/mol. The molecule has 0 aliphatic heterocycles. The monoisotopic (exact) mass is 284 g/mol. The van der Waals surface area contributed by atoms with E-state index in [0.717, 1.165) is 35.3 Å². The van der Waals surface area contributed by atoms with E-state index in [2.05, 4.69) is 25.1 Å². The number of carbonyl (C=O) groups excluding carboxylic acids is 1. The number of hydrogen-bond donors (Lipinski definition) is 0. The van der Waals surface area contributed by atoms with E-state index < -0.39 is 0 Å². The van der Waals surface area contributed by atoms with E-state index in [-0.39, 0.29) is 0 Å². The van der Waals surface area contributed by atoms with Crippen molar-refractivity contribution in [2.45, 2.75) is 19.8 Å². The van der Waals surface area contributed by atoms with Crippen molar-refractivity contribution in [3.05, 3.63) is 76.3 Å². The molecular formula is C18H17ClO.